The first kappa shape index (κ1) is 20.2. The third-order valence-corrected chi connectivity index (χ3v) is 3.63. The molecule has 0 spiro atoms. The van der Waals surface area contributed by atoms with Crippen molar-refractivity contribution in [3.8, 4) is 0 Å². The summed E-state index contributed by atoms with van der Waals surface area (Å²) in [6.07, 6.45) is 0.0223. The molecule has 0 aliphatic carbocycles. The number of rotatable bonds is 4. The summed E-state index contributed by atoms with van der Waals surface area (Å²) in [5, 5.41) is 2.31. The van der Waals surface area contributed by atoms with Gasteiger partial charge in [-0.3, -0.25) is 14.5 Å². The number of ether oxygens (including phenoxy) is 1. The highest BCUT2D eigenvalue weighted by Gasteiger charge is 2.35. The van der Waals surface area contributed by atoms with Crippen LogP contribution in [-0.4, -0.2) is 30.4 Å². The van der Waals surface area contributed by atoms with Crippen LogP contribution in [0.1, 0.15) is 19.4 Å². The minimum atomic E-state index is -4.59. The lowest BCUT2D eigenvalue weighted by Crippen LogP contribution is -2.47. The zero-order chi connectivity index (χ0) is 20.2. The number of halogens is 3. The first-order valence-electron chi connectivity index (χ1n) is 7.96. The van der Waals surface area contributed by atoms with Crippen molar-refractivity contribution in [3.63, 3.8) is 0 Å². The molecule has 2 rings (SSSR count). The number of hydrogen-bond donors (Lipinski definition) is 1. The maximum absolute atomic E-state index is 12.8. The lowest BCUT2D eigenvalue weighted by Gasteiger charge is -2.31. The standard InChI is InChI=1S/C18H17F3N2O4/c1-3-4-5-6-16(25)27-11(2)17(26)23-10-15(24)22-13-9-12(18(19,20)21)7-8-14(13)23/h3-9,11H,10H2,1-2H3,(H,22,24)/b4-3+,6-5+. The Bertz CT molecular complexity index is 815. The van der Waals surface area contributed by atoms with E-state index in [-0.39, 0.29) is 11.4 Å². The van der Waals surface area contributed by atoms with Crippen molar-refractivity contribution in [1.82, 2.24) is 0 Å². The molecular weight excluding hydrogens is 365 g/mol. The number of anilines is 2. The molecule has 1 N–H and O–H groups in total. The van der Waals surface area contributed by atoms with Gasteiger partial charge < -0.3 is 10.1 Å². The molecule has 1 aromatic carbocycles. The van der Waals surface area contributed by atoms with Crippen LogP contribution in [-0.2, 0) is 25.3 Å². The molecule has 2 amide bonds. The van der Waals surface area contributed by atoms with Gasteiger partial charge in [0.1, 0.15) is 6.54 Å². The van der Waals surface area contributed by atoms with Gasteiger partial charge in [0.25, 0.3) is 5.91 Å². The van der Waals surface area contributed by atoms with Crippen molar-refractivity contribution in [2.24, 2.45) is 0 Å². The lowest BCUT2D eigenvalue weighted by molar-refractivity contribution is -0.149. The SMILES string of the molecule is C/C=C/C=C/C(=O)OC(C)C(=O)N1CC(=O)Nc2cc(C(F)(F)F)ccc21. The van der Waals surface area contributed by atoms with Crippen LogP contribution < -0.4 is 10.2 Å². The van der Waals surface area contributed by atoms with Crippen LogP contribution in [0.5, 0.6) is 0 Å². The van der Waals surface area contributed by atoms with Gasteiger partial charge in [0.15, 0.2) is 6.10 Å². The lowest BCUT2D eigenvalue weighted by atomic mass is 10.1. The number of allylic oxidation sites excluding steroid dienone is 3. The number of carbonyl (C=O) groups excluding carboxylic acids is 3. The number of fused-ring (bicyclic) bond motifs is 1. The normalized spacial score (nSPS) is 15.6. The molecule has 0 saturated carbocycles. The molecule has 144 valence electrons. The summed E-state index contributed by atoms with van der Waals surface area (Å²) in [7, 11) is 0. The van der Waals surface area contributed by atoms with Crippen LogP contribution in [0.2, 0.25) is 0 Å². The molecule has 0 saturated heterocycles. The molecule has 1 aliphatic rings. The monoisotopic (exact) mass is 382 g/mol. The Morgan fingerprint density at radius 2 is 2.00 bits per heavy atom. The van der Waals surface area contributed by atoms with Gasteiger partial charge >= 0.3 is 12.1 Å². The van der Waals surface area contributed by atoms with Crippen LogP contribution in [0.4, 0.5) is 24.5 Å². The summed E-state index contributed by atoms with van der Waals surface area (Å²) in [4.78, 5) is 37.0. The molecule has 6 nitrogen and oxygen atoms in total. The summed E-state index contributed by atoms with van der Waals surface area (Å²) >= 11 is 0. The van der Waals surface area contributed by atoms with E-state index in [9.17, 15) is 27.6 Å². The first-order chi connectivity index (χ1) is 12.6. The molecule has 0 radical (unpaired) electrons. The Hall–Kier alpha value is -3.10. The van der Waals surface area contributed by atoms with Gasteiger partial charge in [-0.2, -0.15) is 13.2 Å². The average Bonchev–Trinajstić information content (AvgIpc) is 2.59. The third kappa shape index (κ3) is 4.96. The molecular formula is C18H17F3N2O4. The van der Waals surface area contributed by atoms with Crippen LogP contribution in [0.3, 0.4) is 0 Å². The molecule has 1 aromatic rings. The number of hydrogen-bond acceptors (Lipinski definition) is 4. The van der Waals surface area contributed by atoms with Gasteiger partial charge in [0, 0.05) is 6.08 Å². The number of nitrogens with one attached hydrogen (secondary N) is 1. The predicted molar refractivity (Wildman–Crippen MR) is 91.9 cm³/mol. The number of alkyl halides is 3. The Labute approximate surface area is 153 Å². The van der Waals surface area contributed by atoms with Gasteiger partial charge in [0.05, 0.1) is 16.9 Å². The number of carbonyl (C=O) groups is 3. The summed E-state index contributed by atoms with van der Waals surface area (Å²) in [5.41, 5.74) is -0.995. The highest BCUT2D eigenvalue weighted by Crippen LogP contribution is 2.37. The Morgan fingerprint density at radius 3 is 2.63 bits per heavy atom. The van der Waals surface area contributed by atoms with E-state index in [1.54, 1.807) is 19.1 Å². The molecule has 9 heteroatoms. The van der Waals surface area contributed by atoms with E-state index in [0.29, 0.717) is 0 Å². The summed E-state index contributed by atoms with van der Waals surface area (Å²) < 4.78 is 43.5. The van der Waals surface area contributed by atoms with Crippen molar-refractivity contribution in [1.29, 1.82) is 0 Å². The number of amides is 2. The second kappa shape index (κ2) is 8.07. The summed E-state index contributed by atoms with van der Waals surface area (Å²) in [6, 6.07) is 2.66. The smallest absolute Gasteiger partial charge is 0.416 e. The topological polar surface area (TPSA) is 75.7 Å². The van der Waals surface area contributed by atoms with E-state index >= 15 is 0 Å². The van der Waals surface area contributed by atoms with Crippen molar-refractivity contribution in [2.45, 2.75) is 26.1 Å². The second-order valence-electron chi connectivity index (χ2n) is 5.67. The average molecular weight is 382 g/mol. The number of esters is 1. The Kier molecular flexibility index (Phi) is 6.04. The highest BCUT2D eigenvalue weighted by molar-refractivity contribution is 6.11. The quantitative estimate of drug-likeness (QED) is 0.493. The molecule has 0 bridgehead atoms. The molecule has 1 unspecified atom stereocenters. The van der Waals surface area contributed by atoms with E-state index in [0.717, 1.165) is 29.2 Å². The fourth-order valence-electron chi connectivity index (χ4n) is 2.39. The van der Waals surface area contributed by atoms with E-state index in [4.69, 9.17) is 4.74 Å². The van der Waals surface area contributed by atoms with Crippen molar-refractivity contribution < 1.29 is 32.3 Å². The highest BCUT2D eigenvalue weighted by atomic mass is 19.4. The maximum Gasteiger partial charge on any atom is 0.416 e. The molecule has 0 fully saturated rings. The van der Waals surface area contributed by atoms with E-state index < -0.39 is 42.2 Å². The van der Waals surface area contributed by atoms with E-state index in [1.165, 1.54) is 13.0 Å². The molecule has 1 aliphatic heterocycles. The van der Waals surface area contributed by atoms with Gasteiger partial charge in [-0.25, -0.2) is 4.79 Å². The van der Waals surface area contributed by atoms with Crippen LogP contribution in [0, 0.1) is 0 Å². The van der Waals surface area contributed by atoms with Crippen LogP contribution >= 0.6 is 0 Å². The second-order valence-corrected chi connectivity index (χ2v) is 5.67. The Morgan fingerprint density at radius 1 is 1.30 bits per heavy atom. The summed E-state index contributed by atoms with van der Waals surface area (Å²) in [6.45, 7) is 2.68. The minimum absolute atomic E-state index is 0.0972. The van der Waals surface area contributed by atoms with Crippen LogP contribution in [0.15, 0.2) is 42.5 Å². The molecule has 1 heterocycles. The fourth-order valence-corrected chi connectivity index (χ4v) is 2.39. The van der Waals surface area contributed by atoms with Crippen molar-refractivity contribution in [3.05, 3.63) is 48.1 Å². The van der Waals surface area contributed by atoms with Gasteiger partial charge in [-0.05, 0) is 32.0 Å². The third-order valence-electron chi connectivity index (χ3n) is 3.63. The number of nitrogens with zero attached hydrogens (tertiary/aromatic N) is 1. The van der Waals surface area contributed by atoms with Gasteiger partial charge in [-0.1, -0.05) is 18.2 Å². The largest absolute Gasteiger partial charge is 0.449 e. The van der Waals surface area contributed by atoms with Crippen molar-refractivity contribution >= 4 is 29.2 Å². The summed E-state index contributed by atoms with van der Waals surface area (Å²) in [5.74, 6) is -2.14. The van der Waals surface area contributed by atoms with Gasteiger partial charge in [-0.15, -0.1) is 0 Å². The van der Waals surface area contributed by atoms with E-state index in [1.807, 2.05) is 0 Å². The van der Waals surface area contributed by atoms with Crippen LogP contribution in [0.25, 0.3) is 0 Å². The molecule has 27 heavy (non-hydrogen) atoms. The predicted octanol–water partition coefficient (Wildman–Crippen LogP) is 3.05. The fraction of sp³-hybridized carbons (Fsp3) is 0.278. The van der Waals surface area contributed by atoms with Gasteiger partial charge in [0.2, 0.25) is 5.91 Å². The maximum atomic E-state index is 12.8. The minimum Gasteiger partial charge on any atom is -0.449 e. The Balaban J connectivity index is 2.22. The number of benzene rings is 1. The molecule has 1 atom stereocenters. The van der Waals surface area contributed by atoms with E-state index in [2.05, 4.69) is 5.32 Å². The zero-order valence-corrected chi connectivity index (χ0v) is 14.5. The van der Waals surface area contributed by atoms with Crippen molar-refractivity contribution in [2.75, 3.05) is 16.8 Å². The molecule has 0 aromatic heterocycles. The first-order valence-corrected chi connectivity index (χ1v) is 7.96. The zero-order valence-electron chi connectivity index (χ0n) is 14.5.